The first-order valence-electron chi connectivity index (χ1n) is 4.15. The van der Waals surface area contributed by atoms with E-state index in [0.717, 1.165) is 23.0 Å². The average Bonchev–Trinajstić information content (AvgIpc) is 2.62. The zero-order chi connectivity index (χ0) is 8.84. The van der Waals surface area contributed by atoms with Gasteiger partial charge in [-0.15, -0.1) is 0 Å². The minimum absolute atomic E-state index is 0.794. The van der Waals surface area contributed by atoms with E-state index in [-0.39, 0.29) is 0 Å². The Kier molecular flexibility index (Phi) is 1.30. The molecule has 2 aromatic rings. The molecule has 1 aliphatic rings. The van der Waals surface area contributed by atoms with Crippen molar-refractivity contribution in [2.45, 2.75) is 6.54 Å². The van der Waals surface area contributed by atoms with Gasteiger partial charge in [0.05, 0.1) is 5.02 Å². The van der Waals surface area contributed by atoms with E-state index in [1.165, 1.54) is 5.56 Å². The van der Waals surface area contributed by atoms with E-state index < -0.39 is 0 Å². The number of aromatic nitrogens is 2. The summed E-state index contributed by atoms with van der Waals surface area (Å²) in [5.41, 5.74) is 2.35. The third-order valence-corrected chi connectivity index (χ3v) is 2.69. The fraction of sp³-hybridized carbons (Fsp3) is 0.100. The number of imidazole rings is 1. The van der Waals surface area contributed by atoms with Crippen molar-refractivity contribution in [3.63, 3.8) is 0 Å². The molecule has 0 amide bonds. The molecule has 3 heteroatoms. The minimum atomic E-state index is 0.794. The lowest BCUT2D eigenvalue weighted by molar-refractivity contribution is 0.848. The van der Waals surface area contributed by atoms with Crippen molar-refractivity contribution in [3.8, 4) is 11.4 Å². The molecule has 0 N–H and O–H groups in total. The predicted octanol–water partition coefficient (Wildman–Crippen LogP) is 2.57. The molecule has 0 aliphatic carbocycles. The van der Waals surface area contributed by atoms with E-state index >= 15 is 0 Å². The van der Waals surface area contributed by atoms with Crippen LogP contribution in [0.4, 0.5) is 0 Å². The molecule has 2 nitrogen and oxygen atoms in total. The van der Waals surface area contributed by atoms with Crippen LogP contribution in [-0.2, 0) is 6.54 Å². The highest BCUT2D eigenvalue weighted by Gasteiger charge is 2.20. The van der Waals surface area contributed by atoms with E-state index in [1.807, 2.05) is 24.5 Å². The van der Waals surface area contributed by atoms with Crippen LogP contribution in [0.3, 0.4) is 0 Å². The number of fused-ring (bicyclic) bond motifs is 3. The summed E-state index contributed by atoms with van der Waals surface area (Å²) < 4.78 is 2.11. The van der Waals surface area contributed by atoms with Crippen molar-refractivity contribution < 1.29 is 0 Å². The van der Waals surface area contributed by atoms with Crippen LogP contribution in [0, 0.1) is 0 Å². The second-order valence-corrected chi connectivity index (χ2v) is 3.56. The molecular formula is C10H7ClN2. The van der Waals surface area contributed by atoms with Crippen molar-refractivity contribution >= 4 is 11.6 Å². The Morgan fingerprint density at radius 1 is 1.38 bits per heavy atom. The molecule has 0 atom stereocenters. The average molecular weight is 191 g/mol. The summed E-state index contributed by atoms with van der Waals surface area (Å²) in [5, 5.41) is 0.794. The van der Waals surface area contributed by atoms with Gasteiger partial charge in [-0.05, 0) is 11.6 Å². The van der Waals surface area contributed by atoms with Gasteiger partial charge in [0.25, 0.3) is 0 Å². The molecule has 2 heterocycles. The third-order valence-electron chi connectivity index (χ3n) is 2.38. The Bertz CT molecular complexity index is 474. The SMILES string of the molecule is Clc1cccc2c1-c1nccn1C2. The molecule has 0 saturated carbocycles. The number of benzene rings is 1. The number of rotatable bonds is 0. The molecular weight excluding hydrogens is 184 g/mol. The fourth-order valence-corrected chi connectivity index (χ4v) is 2.08. The summed E-state index contributed by atoms with van der Waals surface area (Å²) in [7, 11) is 0. The number of hydrogen-bond donors (Lipinski definition) is 0. The first kappa shape index (κ1) is 7.15. The Morgan fingerprint density at radius 3 is 3.23 bits per heavy atom. The predicted molar refractivity (Wildman–Crippen MR) is 51.8 cm³/mol. The number of nitrogens with zero attached hydrogens (tertiary/aromatic N) is 2. The Labute approximate surface area is 80.8 Å². The lowest BCUT2D eigenvalue weighted by Crippen LogP contribution is -1.88. The molecule has 0 saturated heterocycles. The van der Waals surface area contributed by atoms with Gasteiger partial charge in [-0.2, -0.15) is 0 Å². The monoisotopic (exact) mass is 190 g/mol. The van der Waals surface area contributed by atoms with Gasteiger partial charge in [-0.1, -0.05) is 23.7 Å². The highest BCUT2D eigenvalue weighted by atomic mass is 35.5. The van der Waals surface area contributed by atoms with Crippen molar-refractivity contribution in [2.24, 2.45) is 0 Å². The molecule has 0 fully saturated rings. The third kappa shape index (κ3) is 0.864. The summed E-state index contributed by atoms with van der Waals surface area (Å²) in [4.78, 5) is 4.28. The van der Waals surface area contributed by atoms with Gasteiger partial charge >= 0.3 is 0 Å². The quantitative estimate of drug-likeness (QED) is 0.533. The Morgan fingerprint density at radius 2 is 2.31 bits per heavy atom. The van der Waals surface area contributed by atoms with Gasteiger partial charge < -0.3 is 4.57 Å². The van der Waals surface area contributed by atoms with Gasteiger partial charge in [0, 0.05) is 24.5 Å². The number of halogens is 1. The van der Waals surface area contributed by atoms with Crippen LogP contribution in [-0.4, -0.2) is 9.55 Å². The van der Waals surface area contributed by atoms with Crippen molar-refractivity contribution in [1.82, 2.24) is 9.55 Å². The van der Waals surface area contributed by atoms with E-state index in [1.54, 1.807) is 0 Å². The van der Waals surface area contributed by atoms with E-state index in [0.29, 0.717) is 0 Å². The first-order chi connectivity index (χ1) is 6.36. The van der Waals surface area contributed by atoms with Gasteiger partial charge in [-0.25, -0.2) is 4.98 Å². The lowest BCUT2D eigenvalue weighted by Gasteiger charge is -1.98. The smallest absolute Gasteiger partial charge is 0.142 e. The second kappa shape index (κ2) is 2.36. The first-order valence-corrected chi connectivity index (χ1v) is 4.53. The molecule has 1 aromatic heterocycles. The van der Waals surface area contributed by atoms with Crippen LogP contribution in [0.15, 0.2) is 30.6 Å². The van der Waals surface area contributed by atoms with Crippen LogP contribution in [0.5, 0.6) is 0 Å². The van der Waals surface area contributed by atoms with Crippen LogP contribution in [0.1, 0.15) is 5.56 Å². The van der Waals surface area contributed by atoms with Gasteiger partial charge in [-0.3, -0.25) is 0 Å². The highest BCUT2D eigenvalue weighted by Crippen LogP contribution is 2.35. The van der Waals surface area contributed by atoms with Gasteiger partial charge in [0.15, 0.2) is 0 Å². The van der Waals surface area contributed by atoms with Crippen LogP contribution >= 0.6 is 11.6 Å². The Balaban J connectivity index is 2.37. The maximum atomic E-state index is 6.10. The molecule has 64 valence electrons. The molecule has 1 aliphatic heterocycles. The standard InChI is InChI=1S/C10H7ClN2/c11-8-3-1-2-7-6-13-5-4-12-10(13)9(7)8/h1-5H,6H2. The lowest BCUT2D eigenvalue weighted by atomic mass is 10.1. The van der Waals surface area contributed by atoms with Crippen LogP contribution in [0.2, 0.25) is 5.02 Å². The molecule has 3 rings (SSSR count). The van der Waals surface area contributed by atoms with Gasteiger partial charge in [0.2, 0.25) is 0 Å². The highest BCUT2D eigenvalue weighted by molar-refractivity contribution is 6.33. The fourth-order valence-electron chi connectivity index (χ4n) is 1.80. The van der Waals surface area contributed by atoms with Crippen molar-refractivity contribution in [3.05, 3.63) is 41.2 Å². The zero-order valence-electron chi connectivity index (χ0n) is 6.87. The molecule has 13 heavy (non-hydrogen) atoms. The summed E-state index contributed by atoms with van der Waals surface area (Å²) in [5.74, 6) is 0.987. The minimum Gasteiger partial charge on any atom is -0.326 e. The topological polar surface area (TPSA) is 17.8 Å². The molecule has 1 aromatic carbocycles. The maximum Gasteiger partial charge on any atom is 0.142 e. The summed E-state index contributed by atoms with van der Waals surface area (Å²) >= 11 is 6.10. The van der Waals surface area contributed by atoms with E-state index in [2.05, 4.69) is 15.6 Å². The van der Waals surface area contributed by atoms with Gasteiger partial charge in [0.1, 0.15) is 5.82 Å². The largest absolute Gasteiger partial charge is 0.326 e. The summed E-state index contributed by atoms with van der Waals surface area (Å²) in [6.45, 7) is 0.894. The normalized spacial score (nSPS) is 12.7. The maximum absolute atomic E-state index is 6.10. The molecule has 0 unspecified atom stereocenters. The second-order valence-electron chi connectivity index (χ2n) is 3.15. The summed E-state index contributed by atoms with van der Waals surface area (Å²) in [6.07, 6.45) is 3.78. The van der Waals surface area contributed by atoms with E-state index in [4.69, 9.17) is 11.6 Å². The molecule has 0 bridgehead atoms. The van der Waals surface area contributed by atoms with E-state index in [9.17, 15) is 0 Å². The van der Waals surface area contributed by atoms with Crippen LogP contribution in [0.25, 0.3) is 11.4 Å². The van der Waals surface area contributed by atoms with Crippen molar-refractivity contribution in [1.29, 1.82) is 0 Å². The number of hydrogen-bond acceptors (Lipinski definition) is 1. The molecule has 0 spiro atoms. The van der Waals surface area contributed by atoms with Crippen LogP contribution < -0.4 is 0 Å². The summed E-state index contributed by atoms with van der Waals surface area (Å²) in [6, 6.07) is 5.98. The Hall–Kier alpha value is -1.28. The zero-order valence-corrected chi connectivity index (χ0v) is 7.62. The van der Waals surface area contributed by atoms with Crippen molar-refractivity contribution in [2.75, 3.05) is 0 Å². The molecule has 0 radical (unpaired) electrons.